The molecule has 0 unspecified atom stereocenters. The summed E-state index contributed by atoms with van der Waals surface area (Å²) in [5, 5.41) is 2.62. The molecule has 5 nitrogen and oxygen atoms in total. The second-order valence-electron chi connectivity index (χ2n) is 3.66. The third kappa shape index (κ3) is 3.97. The van der Waals surface area contributed by atoms with Crippen LogP contribution in [0.1, 0.15) is 15.9 Å². The number of benzene rings is 1. The van der Waals surface area contributed by atoms with Crippen molar-refractivity contribution in [2.75, 3.05) is 20.3 Å². The highest BCUT2D eigenvalue weighted by Crippen LogP contribution is 2.19. The lowest BCUT2D eigenvalue weighted by atomic mass is 10.1. The Bertz CT molecular complexity index is 542. The first-order chi connectivity index (χ1) is 8.36. The van der Waals surface area contributed by atoms with Gasteiger partial charge in [-0.25, -0.2) is 8.42 Å². The Morgan fingerprint density at radius 1 is 1.44 bits per heavy atom. The fourth-order valence-corrected chi connectivity index (χ4v) is 2.14. The Morgan fingerprint density at radius 2 is 2.11 bits per heavy atom. The van der Waals surface area contributed by atoms with Gasteiger partial charge in [0.15, 0.2) is 0 Å². The predicted molar refractivity (Wildman–Crippen MR) is 68.4 cm³/mol. The van der Waals surface area contributed by atoms with Gasteiger partial charge in [-0.05, 0) is 24.6 Å². The lowest BCUT2D eigenvalue weighted by Crippen LogP contribution is -2.27. The molecule has 1 N–H and O–H groups in total. The second kappa shape index (κ2) is 6.17. The molecule has 0 atom stereocenters. The molecule has 0 fully saturated rings. The van der Waals surface area contributed by atoms with Gasteiger partial charge in [0.1, 0.15) is 0 Å². The van der Waals surface area contributed by atoms with Crippen LogP contribution >= 0.6 is 10.7 Å². The van der Waals surface area contributed by atoms with Gasteiger partial charge in [0, 0.05) is 29.9 Å². The fraction of sp³-hybridized carbons (Fsp3) is 0.364. The lowest BCUT2D eigenvalue weighted by molar-refractivity contribution is 0.0936. The molecule has 0 aliphatic heterocycles. The number of amides is 1. The molecule has 0 saturated carbocycles. The van der Waals surface area contributed by atoms with Crippen LogP contribution in [0, 0.1) is 6.92 Å². The van der Waals surface area contributed by atoms with Crippen molar-refractivity contribution in [3.05, 3.63) is 29.3 Å². The second-order valence-corrected chi connectivity index (χ2v) is 6.23. The topological polar surface area (TPSA) is 72.5 Å². The molecule has 7 heteroatoms. The first-order valence-electron chi connectivity index (χ1n) is 5.18. The quantitative estimate of drug-likeness (QED) is 0.655. The standard InChI is InChI=1S/C11H14ClNO4S/c1-8-3-4-9(18(12,15)16)7-10(8)11(14)13-5-6-17-2/h3-4,7H,5-6H2,1-2H3,(H,13,14). The van der Waals surface area contributed by atoms with Crippen LogP contribution in [0.15, 0.2) is 23.1 Å². The zero-order valence-electron chi connectivity index (χ0n) is 10.1. The van der Waals surface area contributed by atoms with E-state index in [4.69, 9.17) is 15.4 Å². The Kier molecular flexibility index (Phi) is 5.13. The summed E-state index contributed by atoms with van der Waals surface area (Å²) in [5.41, 5.74) is 0.960. The molecule has 1 aromatic carbocycles. The number of carbonyl (C=O) groups excluding carboxylic acids is 1. The van der Waals surface area contributed by atoms with Crippen molar-refractivity contribution in [2.45, 2.75) is 11.8 Å². The van der Waals surface area contributed by atoms with E-state index in [1.54, 1.807) is 13.0 Å². The highest BCUT2D eigenvalue weighted by atomic mass is 35.7. The van der Waals surface area contributed by atoms with E-state index < -0.39 is 9.05 Å². The molecule has 0 spiro atoms. The van der Waals surface area contributed by atoms with Gasteiger partial charge in [0.25, 0.3) is 15.0 Å². The van der Waals surface area contributed by atoms with Crippen molar-refractivity contribution in [3.63, 3.8) is 0 Å². The largest absolute Gasteiger partial charge is 0.383 e. The maximum atomic E-state index is 11.8. The average Bonchev–Trinajstić information content (AvgIpc) is 2.28. The molecular formula is C11H14ClNO4S. The SMILES string of the molecule is COCCNC(=O)c1cc(S(=O)(=O)Cl)ccc1C. The Balaban J connectivity index is 2.97. The van der Waals surface area contributed by atoms with E-state index in [2.05, 4.69) is 5.32 Å². The number of nitrogens with one attached hydrogen (secondary N) is 1. The maximum Gasteiger partial charge on any atom is 0.261 e. The summed E-state index contributed by atoms with van der Waals surface area (Å²) in [7, 11) is 2.93. The molecule has 1 aromatic rings. The smallest absolute Gasteiger partial charge is 0.261 e. The molecule has 0 aliphatic carbocycles. The van der Waals surface area contributed by atoms with Crippen LogP contribution in [0.5, 0.6) is 0 Å². The van der Waals surface area contributed by atoms with Gasteiger partial charge in [0.2, 0.25) is 0 Å². The van der Waals surface area contributed by atoms with Gasteiger partial charge in [0.05, 0.1) is 11.5 Å². The highest BCUT2D eigenvalue weighted by molar-refractivity contribution is 8.13. The Labute approximate surface area is 111 Å². The summed E-state index contributed by atoms with van der Waals surface area (Å²) in [6.45, 7) is 2.46. The van der Waals surface area contributed by atoms with Gasteiger partial charge in [-0.2, -0.15) is 0 Å². The molecule has 0 heterocycles. The van der Waals surface area contributed by atoms with Gasteiger partial charge in [-0.15, -0.1) is 0 Å². The van der Waals surface area contributed by atoms with Crippen molar-refractivity contribution < 1.29 is 17.9 Å². The number of ether oxygens (including phenoxy) is 1. The molecule has 1 rings (SSSR count). The van der Waals surface area contributed by atoms with Crippen LogP contribution in [-0.4, -0.2) is 34.6 Å². The molecule has 0 saturated heterocycles. The molecule has 0 bridgehead atoms. The van der Waals surface area contributed by atoms with Crippen molar-refractivity contribution in [2.24, 2.45) is 0 Å². The minimum atomic E-state index is -3.83. The minimum Gasteiger partial charge on any atom is -0.383 e. The molecule has 0 aliphatic rings. The van der Waals surface area contributed by atoms with E-state index >= 15 is 0 Å². The summed E-state index contributed by atoms with van der Waals surface area (Å²) in [4.78, 5) is 11.7. The third-order valence-electron chi connectivity index (χ3n) is 2.33. The minimum absolute atomic E-state index is 0.0911. The van der Waals surface area contributed by atoms with Crippen LogP contribution in [0.2, 0.25) is 0 Å². The predicted octanol–water partition coefficient (Wildman–Crippen LogP) is 1.30. The van der Waals surface area contributed by atoms with E-state index in [0.29, 0.717) is 18.7 Å². The van der Waals surface area contributed by atoms with Crippen molar-refractivity contribution in [1.82, 2.24) is 5.32 Å². The number of aryl methyl sites for hydroxylation is 1. The highest BCUT2D eigenvalue weighted by Gasteiger charge is 2.15. The number of halogens is 1. The van der Waals surface area contributed by atoms with Crippen LogP contribution < -0.4 is 5.32 Å². The van der Waals surface area contributed by atoms with Crippen LogP contribution in [0.25, 0.3) is 0 Å². The zero-order valence-corrected chi connectivity index (χ0v) is 11.6. The first-order valence-corrected chi connectivity index (χ1v) is 7.49. The van der Waals surface area contributed by atoms with Crippen molar-refractivity contribution in [1.29, 1.82) is 0 Å². The monoisotopic (exact) mass is 291 g/mol. The normalized spacial score (nSPS) is 11.3. The van der Waals surface area contributed by atoms with Crippen LogP contribution in [-0.2, 0) is 13.8 Å². The summed E-state index contributed by atoms with van der Waals surface area (Å²) >= 11 is 0. The van der Waals surface area contributed by atoms with Gasteiger partial charge >= 0.3 is 0 Å². The Hall–Kier alpha value is -1.11. The number of rotatable bonds is 5. The molecule has 18 heavy (non-hydrogen) atoms. The molecule has 0 radical (unpaired) electrons. The zero-order chi connectivity index (χ0) is 13.8. The van der Waals surface area contributed by atoms with Gasteiger partial charge in [-0.3, -0.25) is 4.79 Å². The van der Waals surface area contributed by atoms with E-state index in [1.165, 1.54) is 19.2 Å². The van der Waals surface area contributed by atoms with E-state index in [0.717, 1.165) is 0 Å². The molecule has 0 aromatic heterocycles. The van der Waals surface area contributed by atoms with Crippen LogP contribution in [0.3, 0.4) is 0 Å². The first kappa shape index (κ1) is 14.9. The molecular weight excluding hydrogens is 278 g/mol. The number of methoxy groups -OCH3 is 1. The van der Waals surface area contributed by atoms with Gasteiger partial charge < -0.3 is 10.1 Å². The lowest BCUT2D eigenvalue weighted by Gasteiger charge is -2.08. The summed E-state index contributed by atoms with van der Waals surface area (Å²) < 4.78 is 27.2. The molecule has 1 amide bonds. The summed E-state index contributed by atoms with van der Waals surface area (Å²) in [6.07, 6.45) is 0. The van der Waals surface area contributed by atoms with E-state index in [9.17, 15) is 13.2 Å². The summed E-state index contributed by atoms with van der Waals surface area (Å²) in [6, 6.07) is 4.17. The van der Waals surface area contributed by atoms with Crippen molar-refractivity contribution >= 4 is 25.6 Å². The third-order valence-corrected chi connectivity index (χ3v) is 3.68. The average molecular weight is 292 g/mol. The Morgan fingerprint density at radius 3 is 2.67 bits per heavy atom. The van der Waals surface area contributed by atoms with Gasteiger partial charge in [-0.1, -0.05) is 6.07 Å². The number of hydrogen-bond donors (Lipinski definition) is 1. The van der Waals surface area contributed by atoms with E-state index in [1.807, 2.05) is 0 Å². The summed E-state index contributed by atoms with van der Waals surface area (Å²) in [5.74, 6) is -0.355. The fourth-order valence-electron chi connectivity index (χ4n) is 1.36. The van der Waals surface area contributed by atoms with Crippen molar-refractivity contribution in [3.8, 4) is 0 Å². The molecule has 100 valence electrons. The maximum absolute atomic E-state index is 11.8. The number of hydrogen-bond acceptors (Lipinski definition) is 4. The number of carbonyl (C=O) groups is 1. The van der Waals surface area contributed by atoms with E-state index in [-0.39, 0.29) is 16.4 Å². The van der Waals surface area contributed by atoms with Crippen LogP contribution in [0.4, 0.5) is 0 Å².